The lowest BCUT2D eigenvalue weighted by molar-refractivity contribution is -0.394. The summed E-state index contributed by atoms with van der Waals surface area (Å²) in [5, 5.41) is 34.2. The number of nitro groups is 2. The molecule has 0 radical (unpaired) electrons. The van der Waals surface area contributed by atoms with Gasteiger partial charge in [0, 0.05) is 17.2 Å². The molecule has 1 aromatic carbocycles. The van der Waals surface area contributed by atoms with Gasteiger partial charge in [-0.1, -0.05) is 27.2 Å². The number of nitrogens with zero attached hydrogens (tertiary/aromatic N) is 2. The van der Waals surface area contributed by atoms with E-state index in [0.29, 0.717) is 12.3 Å². The predicted molar refractivity (Wildman–Crippen MR) is 88.2 cm³/mol. The Bertz CT molecular complexity index is 680. The first-order valence-corrected chi connectivity index (χ1v) is 8.31. The molecule has 3 atom stereocenters. The van der Waals surface area contributed by atoms with Gasteiger partial charge in [-0.05, 0) is 36.5 Å². The molecule has 0 aliphatic heterocycles. The van der Waals surface area contributed by atoms with E-state index < -0.39 is 32.8 Å². The van der Waals surface area contributed by atoms with Crippen LogP contribution in [0.5, 0.6) is 0 Å². The fourth-order valence-electron chi connectivity index (χ4n) is 3.97. The van der Waals surface area contributed by atoms with Gasteiger partial charge in [-0.15, -0.1) is 0 Å². The number of hydrogen-bond acceptors (Lipinski definition) is 6. The van der Waals surface area contributed by atoms with Crippen molar-refractivity contribution in [1.82, 2.24) is 0 Å². The largest absolute Gasteiger partial charge is 0.545 e. The molecule has 8 heteroatoms. The van der Waals surface area contributed by atoms with Crippen LogP contribution in [-0.2, 0) is 0 Å². The quantitative estimate of drug-likeness (QED) is 0.594. The molecule has 0 N–H and O–H groups in total. The predicted octanol–water partition coefficient (Wildman–Crippen LogP) is 3.04. The first-order valence-electron chi connectivity index (χ1n) is 8.31. The summed E-state index contributed by atoms with van der Waals surface area (Å²) in [6.07, 6.45) is 2.42. The van der Waals surface area contributed by atoms with Gasteiger partial charge in [-0.2, -0.15) is 0 Å². The number of carboxylic acid groups (broad SMARTS) is 1. The van der Waals surface area contributed by atoms with Crippen molar-refractivity contribution in [2.45, 2.75) is 46.0 Å². The molecule has 0 bridgehead atoms. The Balaban J connectivity index is 2.74. The molecule has 8 nitrogen and oxygen atoms in total. The Morgan fingerprint density at radius 2 is 1.80 bits per heavy atom. The van der Waals surface area contributed by atoms with Crippen LogP contribution in [0.15, 0.2) is 12.1 Å². The Labute approximate surface area is 145 Å². The molecule has 2 rings (SSSR count). The maximum absolute atomic E-state index is 11.6. The highest BCUT2D eigenvalue weighted by Gasteiger charge is 2.38. The fraction of sp³-hybridized carbons (Fsp3) is 0.588. The van der Waals surface area contributed by atoms with Crippen molar-refractivity contribution < 1.29 is 19.7 Å². The van der Waals surface area contributed by atoms with Crippen molar-refractivity contribution >= 4 is 17.3 Å². The van der Waals surface area contributed by atoms with Crippen LogP contribution in [0.4, 0.5) is 11.4 Å². The second-order valence-corrected chi connectivity index (χ2v) is 7.16. The molecule has 1 aliphatic rings. The molecule has 0 heterocycles. The van der Waals surface area contributed by atoms with Gasteiger partial charge in [0.2, 0.25) is 0 Å². The summed E-state index contributed by atoms with van der Waals surface area (Å²) >= 11 is 0. The lowest BCUT2D eigenvalue weighted by atomic mass is 9.66. The van der Waals surface area contributed by atoms with Crippen LogP contribution >= 0.6 is 0 Å². The number of non-ortho nitro benzene ring substituents is 1. The first-order chi connectivity index (χ1) is 11.6. The van der Waals surface area contributed by atoms with E-state index in [9.17, 15) is 30.1 Å². The molecule has 136 valence electrons. The van der Waals surface area contributed by atoms with Crippen molar-refractivity contribution in [3.63, 3.8) is 0 Å². The lowest BCUT2D eigenvalue weighted by Gasteiger charge is -2.38. The number of carboxylic acids is 1. The highest BCUT2D eigenvalue weighted by Crippen LogP contribution is 2.48. The molecular weight excluding hydrogens is 328 g/mol. The van der Waals surface area contributed by atoms with E-state index in [-0.39, 0.29) is 23.3 Å². The minimum absolute atomic E-state index is 0.0702. The van der Waals surface area contributed by atoms with Gasteiger partial charge >= 0.3 is 0 Å². The van der Waals surface area contributed by atoms with Gasteiger partial charge in [0.05, 0.1) is 21.9 Å². The van der Waals surface area contributed by atoms with Crippen molar-refractivity contribution in [1.29, 1.82) is 0 Å². The van der Waals surface area contributed by atoms with Crippen LogP contribution in [0, 0.1) is 38.0 Å². The maximum Gasteiger partial charge on any atom is 0.280 e. The zero-order valence-corrected chi connectivity index (χ0v) is 14.4. The molecule has 1 fully saturated rings. The first kappa shape index (κ1) is 18.8. The van der Waals surface area contributed by atoms with Gasteiger partial charge < -0.3 is 9.90 Å². The van der Waals surface area contributed by atoms with Gasteiger partial charge in [-0.25, -0.2) is 0 Å². The number of aromatic carboxylic acids is 1. The Kier molecular flexibility index (Phi) is 5.39. The zero-order valence-electron chi connectivity index (χ0n) is 14.4. The zero-order chi connectivity index (χ0) is 18.9. The van der Waals surface area contributed by atoms with E-state index in [2.05, 4.69) is 0 Å². The van der Waals surface area contributed by atoms with Crippen LogP contribution < -0.4 is 5.11 Å². The third-order valence-corrected chi connectivity index (χ3v) is 5.16. The van der Waals surface area contributed by atoms with E-state index >= 15 is 0 Å². The van der Waals surface area contributed by atoms with E-state index in [4.69, 9.17) is 0 Å². The van der Waals surface area contributed by atoms with Gasteiger partial charge in [0.15, 0.2) is 0 Å². The van der Waals surface area contributed by atoms with Crippen molar-refractivity contribution in [2.75, 3.05) is 0 Å². The smallest absolute Gasteiger partial charge is 0.280 e. The number of benzene rings is 1. The van der Waals surface area contributed by atoms with E-state index in [1.54, 1.807) is 0 Å². The normalized spacial score (nSPS) is 23.4. The topological polar surface area (TPSA) is 126 Å². The summed E-state index contributed by atoms with van der Waals surface area (Å²) in [7, 11) is 0. The van der Waals surface area contributed by atoms with Crippen molar-refractivity contribution in [2.24, 2.45) is 17.8 Å². The number of nitro benzene ring substituents is 2. The second-order valence-electron chi connectivity index (χ2n) is 7.16. The number of hydrogen-bond donors (Lipinski definition) is 0. The molecule has 1 saturated carbocycles. The van der Waals surface area contributed by atoms with Crippen LogP contribution in [0.25, 0.3) is 0 Å². The van der Waals surface area contributed by atoms with Crippen LogP contribution in [0.3, 0.4) is 0 Å². The molecule has 1 aliphatic carbocycles. The summed E-state index contributed by atoms with van der Waals surface area (Å²) in [5.74, 6) is -1.37. The molecule has 0 spiro atoms. The summed E-state index contributed by atoms with van der Waals surface area (Å²) in [6.45, 7) is 6.03. The van der Waals surface area contributed by atoms with Crippen molar-refractivity contribution in [3.05, 3.63) is 43.5 Å². The molecule has 0 aromatic heterocycles. The molecule has 25 heavy (non-hydrogen) atoms. The summed E-state index contributed by atoms with van der Waals surface area (Å²) in [5.41, 5.74) is -1.48. The number of rotatable bonds is 5. The molecular formula is C17H21N2O6-. The average molecular weight is 349 g/mol. The molecule has 0 amide bonds. The summed E-state index contributed by atoms with van der Waals surface area (Å²) in [6, 6.07) is 1.74. The lowest BCUT2D eigenvalue weighted by Crippen LogP contribution is -2.31. The van der Waals surface area contributed by atoms with E-state index in [1.807, 2.05) is 20.8 Å². The summed E-state index contributed by atoms with van der Waals surface area (Å²) in [4.78, 5) is 32.6. The van der Waals surface area contributed by atoms with E-state index in [0.717, 1.165) is 25.0 Å². The van der Waals surface area contributed by atoms with Gasteiger partial charge in [0.1, 0.15) is 0 Å². The maximum atomic E-state index is 11.6. The molecule has 0 saturated heterocycles. The number of carbonyl (C=O) groups excluding carboxylic acids is 1. The van der Waals surface area contributed by atoms with Crippen molar-refractivity contribution in [3.8, 4) is 0 Å². The second kappa shape index (κ2) is 7.16. The average Bonchev–Trinajstić information content (AvgIpc) is 2.52. The van der Waals surface area contributed by atoms with Crippen LogP contribution in [0.2, 0.25) is 0 Å². The third-order valence-electron chi connectivity index (χ3n) is 5.16. The highest BCUT2D eigenvalue weighted by molar-refractivity contribution is 5.90. The van der Waals surface area contributed by atoms with E-state index in [1.165, 1.54) is 0 Å². The Morgan fingerprint density at radius 1 is 1.16 bits per heavy atom. The Hall–Kier alpha value is -2.51. The fourth-order valence-corrected chi connectivity index (χ4v) is 3.97. The third kappa shape index (κ3) is 3.78. The minimum Gasteiger partial charge on any atom is -0.545 e. The van der Waals surface area contributed by atoms with Crippen LogP contribution in [-0.4, -0.2) is 15.8 Å². The van der Waals surface area contributed by atoms with Gasteiger partial charge in [0.25, 0.3) is 11.4 Å². The standard InChI is InChI=1S/C17H22N2O6/c1-9(2)12-5-4-10(3)6-13(12)16-14(17(20)21)7-11(18(22)23)8-15(16)19(24)25/h7-10,12-13H,4-6H2,1-3H3,(H,20,21)/p-1. The van der Waals surface area contributed by atoms with Gasteiger partial charge in [-0.3, -0.25) is 20.2 Å². The monoisotopic (exact) mass is 349 g/mol. The molecule has 3 unspecified atom stereocenters. The SMILES string of the molecule is CC1CCC(C(C)C)C(c2c(C(=O)[O-])cc([N+](=O)[O-])cc2[N+](=O)[O-])C1. The minimum atomic E-state index is -1.62. The molecule has 1 aromatic rings. The summed E-state index contributed by atoms with van der Waals surface area (Å²) < 4.78 is 0. The Morgan fingerprint density at radius 3 is 2.28 bits per heavy atom. The highest BCUT2D eigenvalue weighted by atomic mass is 16.6. The van der Waals surface area contributed by atoms with Crippen LogP contribution in [0.1, 0.15) is 61.9 Å². The number of carbonyl (C=O) groups is 1.